The Bertz CT molecular complexity index is 1190. The molecular weight excluding hydrogens is 376 g/mol. The molecular formula is C23H24N6O. The van der Waals surface area contributed by atoms with Crippen LogP contribution in [0.15, 0.2) is 60.8 Å². The van der Waals surface area contributed by atoms with Crippen LogP contribution in [0.1, 0.15) is 33.0 Å². The Labute approximate surface area is 175 Å². The second-order valence-electron chi connectivity index (χ2n) is 7.35. The van der Waals surface area contributed by atoms with Gasteiger partial charge in [-0.1, -0.05) is 36.4 Å². The minimum Gasteiger partial charge on any atom is -0.383 e. The molecule has 1 amide bonds. The summed E-state index contributed by atoms with van der Waals surface area (Å²) >= 11 is 0. The third kappa shape index (κ3) is 4.15. The molecule has 152 valence electrons. The van der Waals surface area contributed by atoms with Crippen molar-refractivity contribution in [1.29, 1.82) is 0 Å². The monoisotopic (exact) mass is 400 g/mol. The number of nitrogens with zero attached hydrogens (tertiary/aromatic N) is 5. The largest absolute Gasteiger partial charge is 0.383 e. The molecule has 0 atom stereocenters. The number of anilines is 1. The van der Waals surface area contributed by atoms with Crippen molar-refractivity contribution in [3.05, 3.63) is 89.0 Å². The van der Waals surface area contributed by atoms with Gasteiger partial charge >= 0.3 is 0 Å². The van der Waals surface area contributed by atoms with Gasteiger partial charge in [0.25, 0.3) is 5.91 Å². The van der Waals surface area contributed by atoms with Gasteiger partial charge in [-0.2, -0.15) is 9.61 Å². The lowest BCUT2D eigenvalue weighted by Gasteiger charge is -2.23. The lowest BCUT2D eigenvalue weighted by Crippen LogP contribution is -2.34. The molecule has 0 aliphatic rings. The average molecular weight is 400 g/mol. The molecule has 4 aromatic rings. The van der Waals surface area contributed by atoms with Gasteiger partial charge in [-0.05, 0) is 38.0 Å². The smallest absolute Gasteiger partial charge is 0.259 e. The number of benzene rings is 1. The van der Waals surface area contributed by atoms with E-state index in [1.54, 1.807) is 4.90 Å². The Morgan fingerprint density at radius 2 is 1.87 bits per heavy atom. The zero-order chi connectivity index (χ0) is 21.1. The fourth-order valence-electron chi connectivity index (χ4n) is 3.45. The quantitative estimate of drug-likeness (QED) is 0.537. The van der Waals surface area contributed by atoms with Crippen LogP contribution >= 0.6 is 0 Å². The van der Waals surface area contributed by atoms with E-state index in [0.717, 1.165) is 29.1 Å². The first-order valence-electron chi connectivity index (χ1n) is 9.88. The number of hydrogen-bond acceptors (Lipinski definition) is 5. The summed E-state index contributed by atoms with van der Waals surface area (Å²) < 4.78 is 1.52. The topological polar surface area (TPSA) is 89.4 Å². The molecule has 0 aliphatic heterocycles. The van der Waals surface area contributed by atoms with Gasteiger partial charge in [0, 0.05) is 24.5 Å². The molecule has 30 heavy (non-hydrogen) atoms. The van der Waals surface area contributed by atoms with Gasteiger partial charge in [-0.3, -0.25) is 9.78 Å². The number of carbonyl (C=O) groups excluding carboxylic acids is 1. The zero-order valence-corrected chi connectivity index (χ0v) is 17.1. The van der Waals surface area contributed by atoms with Crippen LogP contribution in [0.5, 0.6) is 0 Å². The van der Waals surface area contributed by atoms with Crippen molar-refractivity contribution in [2.75, 3.05) is 12.3 Å². The van der Waals surface area contributed by atoms with Crippen molar-refractivity contribution in [3.8, 4) is 0 Å². The highest BCUT2D eigenvalue weighted by Crippen LogP contribution is 2.18. The van der Waals surface area contributed by atoms with Gasteiger partial charge in [0.2, 0.25) is 0 Å². The van der Waals surface area contributed by atoms with Gasteiger partial charge < -0.3 is 10.6 Å². The third-order valence-corrected chi connectivity index (χ3v) is 4.97. The number of nitrogen functional groups attached to an aromatic ring is 1. The molecule has 4 rings (SSSR count). The van der Waals surface area contributed by atoms with Crippen LogP contribution < -0.4 is 5.73 Å². The second-order valence-corrected chi connectivity index (χ2v) is 7.35. The van der Waals surface area contributed by atoms with E-state index < -0.39 is 0 Å². The Morgan fingerprint density at radius 3 is 2.63 bits per heavy atom. The Hall–Kier alpha value is -3.74. The van der Waals surface area contributed by atoms with Gasteiger partial charge in [-0.15, -0.1) is 0 Å². The van der Waals surface area contributed by atoms with Crippen LogP contribution in [-0.2, 0) is 13.0 Å². The summed E-state index contributed by atoms with van der Waals surface area (Å²) in [5, 5.41) is 4.35. The Kier molecular flexibility index (Phi) is 5.43. The summed E-state index contributed by atoms with van der Waals surface area (Å²) in [5.74, 6) is 0.106. The second kappa shape index (κ2) is 8.32. The number of rotatable bonds is 6. The molecule has 7 heteroatoms. The number of pyridine rings is 1. The predicted octanol–water partition coefficient (Wildman–Crippen LogP) is 3.21. The Morgan fingerprint density at radius 1 is 1.07 bits per heavy atom. The van der Waals surface area contributed by atoms with E-state index in [4.69, 9.17) is 5.73 Å². The number of amides is 1. The fraction of sp³-hybridized carbons (Fsp3) is 0.217. The van der Waals surface area contributed by atoms with Crippen molar-refractivity contribution >= 4 is 17.4 Å². The summed E-state index contributed by atoms with van der Waals surface area (Å²) in [6.07, 6.45) is 2.27. The summed E-state index contributed by atoms with van der Waals surface area (Å²) in [7, 11) is 0. The molecule has 7 nitrogen and oxygen atoms in total. The number of hydrogen-bond donors (Lipinski definition) is 1. The molecule has 0 saturated heterocycles. The molecule has 0 radical (unpaired) electrons. The normalized spacial score (nSPS) is 11.0. The van der Waals surface area contributed by atoms with Crippen molar-refractivity contribution in [1.82, 2.24) is 24.5 Å². The number of nitrogens with two attached hydrogens (primary N) is 1. The van der Waals surface area contributed by atoms with Gasteiger partial charge in [0.1, 0.15) is 11.4 Å². The standard InChI is InChI=1S/C23H24N6O/c1-16-7-6-10-19(26-16)15-28(12-11-18-8-4-3-5-9-18)23(30)20-14-25-21-13-17(2)27-29(21)22(20)24/h3-10,13-14H,11-12,15,24H2,1-2H3. The lowest BCUT2D eigenvalue weighted by molar-refractivity contribution is 0.0743. The first-order valence-corrected chi connectivity index (χ1v) is 9.88. The molecule has 0 bridgehead atoms. The maximum atomic E-state index is 13.5. The van der Waals surface area contributed by atoms with Crippen LogP contribution in [-0.4, -0.2) is 36.9 Å². The summed E-state index contributed by atoms with van der Waals surface area (Å²) in [6.45, 7) is 4.73. The maximum absolute atomic E-state index is 13.5. The van der Waals surface area contributed by atoms with Gasteiger partial charge in [0.05, 0.1) is 17.9 Å². The molecule has 2 N–H and O–H groups in total. The molecule has 3 aromatic heterocycles. The van der Waals surface area contributed by atoms with Gasteiger partial charge in [0.15, 0.2) is 5.65 Å². The van der Waals surface area contributed by atoms with Crippen molar-refractivity contribution < 1.29 is 4.79 Å². The molecule has 0 aliphatic carbocycles. The van der Waals surface area contributed by atoms with E-state index in [1.165, 1.54) is 10.7 Å². The molecule has 0 saturated carbocycles. The van der Waals surface area contributed by atoms with Crippen LogP contribution in [0, 0.1) is 13.8 Å². The van der Waals surface area contributed by atoms with E-state index in [0.29, 0.717) is 30.1 Å². The fourth-order valence-corrected chi connectivity index (χ4v) is 3.45. The third-order valence-electron chi connectivity index (χ3n) is 4.97. The first kappa shape index (κ1) is 19.6. The molecule has 3 heterocycles. The summed E-state index contributed by atoms with van der Waals surface area (Å²) in [6, 6.07) is 17.7. The summed E-state index contributed by atoms with van der Waals surface area (Å²) in [5.41, 5.74) is 11.0. The van der Waals surface area contributed by atoms with E-state index in [9.17, 15) is 4.79 Å². The van der Waals surface area contributed by atoms with E-state index in [-0.39, 0.29) is 5.91 Å². The average Bonchev–Trinajstić information content (AvgIpc) is 3.13. The molecule has 1 aromatic carbocycles. The van der Waals surface area contributed by atoms with Crippen molar-refractivity contribution in [3.63, 3.8) is 0 Å². The number of fused-ring (bicyclic) bond motifs is 1. The highest BCUT2D eigenvalue weighted by atomic mass is 16.2. The maximum Gasteiger partial charge on any atom is 0.259 e. The van der Waals surface area contributed by atoms with E-state index >= 15 is 0 Å². The number of aryl methyl sites for hydroxylation is 2. The number of carbonyl (C=O) groups is 1. The zero-order valence-electron chi connectivity index (χ0n) is 17.1. The van der Waals surface area contributed by atoms with E-state index in [2.05, 4.69) is 27.2 Å². The van der Waals surface area contributed by atoms with Crippen LogP contribution in [0.2, 0.25) is 0 Å². The number of aromatic nitrogens is 4. The minimum atomic E-state index is -0.186. The van der Waals surface area contributed by atoms with Crippen molar-refractivity contribution in [2.24, 2.45) is 0 Å². The molecule has 0 spiro atoms. The molecule has 0 unspecified atom stereocenters. The van der Waals surface area contributed by atoms with Crippen LogP contribution in [0.25, 0.3) is 5.65 Å². The van der Waals surface area contributed by atoms with Crippen LogP contribution in [0.4, 0.5) is 5.82 Å². The molecule has 0 fully saturated rings. The highest BCUT2D eigenvalue weighted by Gasteiger charge is 2.22. The van der Waals surface area contributed by atoms with Crippen molar-refractivity contribution in [2.45, 2.75) is 26.8 Å². The summed E-state index contributed by atoms with van der Waals surface area (Å²) in [4.78, 5) is 24.2. The minimum absolute atomic E-state index is 0.186. The van der Waals surface area contributed by atoms with E-state index in [1.807, 2.05) is 56.3 Å². The van der Waals surface area contributed by atoms with Gasteiger partial charge in [-0.25, -0.2) is 4.98 Å². The lowest BCUT2D eigenvalue weighted by atomic mass is 10.1. The SMILES string of the molecule is Cc1cccc(CN(CCc2ccccc2)C(=O)c2cnc3cc(C)nn3c2N)n1. The first-order chi connectivity index (χ1) is 14.5. The van der Waals surface area contributed by atoms with Crippen LogP contribution in [0.3, 0.4) is 0 Å². The predicted molar refractivity (Wildman–Crippen MR) is 116 cm³/mol. The highest BCUT2D eigenvalue weighted by molar-refractivity contribution is 5.98. The Balaban J connectivity index is 1.65.